The summed E-state index contributed by atoms with van der Waals surface area (Å²) in [6.45, 7) is 8.57. The summed E-state index contributed by atoms with van der Waals surface area (Å²) in [6.07, 6.45) is 2.51. The van der Waals surface area contributed by atoms with Crippen LogP contribution in [0.3, 0.4) is 0 Å². The van der Waals surface area contributed by atoms with Crippen molar-refractivity contribution in [2.45, 2.75) is 51.1 Å². The molecule has 0 radical (unpaired) electrons. The summed E-state index contributed by atoms with van der Waals surface area (Å²) < 4.78 is 27.7. The second kappa shape index (κ2) is 8.17. The van der Waals surface area contributed by atoms with Crippen molar-refractivity contribution in [1.82, 2.24) is 0 Å². The third-order valence-corrected chi connectivity index (χ3v) is 3.40. The normalized spacial score (nSPS) is 28.1. The van der Waals surface area contributed by atoms with Gasteiger partial charge in [-0.2, -0.15) is 0 Å². The van der Waals surface area contributed by atoms with Gasteiger partial charge in [-0.15, -0.1) is 0 Å². The van der Waals surface area contributed by atoms with Crippen molar-refractivity contribution < 1.29 is 23.7 Å². The van der Waals surface area contributed by atoms with E-state index in [9.17, 15) is 0 Å². The van der Waals surface area contributed by atoms with Gasteiger partial charge in [-0.25, -0.2) is 0 Å². The zero-order valence-electron chi connectivity index (χ0n) is 12.0. The molecule has 0 saturated carbocycles. The number of hydrogen-bond donors (Lipinski definition) is 0. The van der Waals surface area contributed by atoms with Crippen LogP contribution in [0.1, 0.15) is 26.7 Å². The number of rotatable bonds is 12. The van der Waals surface area contributed by atoms with Crippen LogP contribution >= 0.6 is 0 Å². The summed E-state index contributed by atoms with van der Waals surface area (Å²) in [6, 6.07) is 0. The third kappa shape index (κ3) is 5.75. The summed E-state index contributed by atoms with van der Waals surface area (Å²) in [7, 11) is 0. The summed E-state index contributed by atoms with van der Waals surface area (Å²) in [5.74, 6) is 0. The maximum Gasteiger partial charge on any atom is 0.107 e. The molecule has 112 valence electrons. The van der Waals surface area contributed by atoms with Crippen LogP contribution < -0.4 is 0 Å². The Morgan fingerprint density at radius 3 is 1.63 bits per heavy atom. The third-order valence-electron chi connectivity index (χ3n) is 3.40. The molecule has 4 unspecified atom stereocenters. The van der Waals surface area contributed by atoms with Crippen molar-refractivity contribution in [2.24, 2.45) is 0 Å². The fourth-order valence-corrected chi connectivity index (χ4v) is 2.14. The molecule has 5 nitrogen and oxygen atoms in total. The van der Waals surface area contributed by atoms with E-state index in [1.54, 1.807) is 0 Å². The summed E-state index contributed by atoms with van der Waals surface area (Å²) in [4.78, 5) is 0. The molecule has 2 aliphatic rings. The Labute approximate surface area is 115 Å². The Bertz CT molecular complexity index is 216. The number of hydrogen-bond acceptors (Lipinski definition) is 5. The molecule has 2 fully saturated rings. The average molecular weight is 274 g/mol. The average Bonchev–Trinajstić information content (AvgIpc) is 3.29. The minimum atomic E-state index is 0.127. The van der Waals surface area contributed by atoms with Gasteiger partial charge in [-0.1, -0.05) is 0 Å². The number of epoxide rings is 2. The maximum absolute atomic E-state index is 6.18. The first-order valence-corrected chi connectivity index (χ1v) is 7.39. The highest BCUT2D eigenvalue weighted by Gasteiger charge is 2.40. The predicted molar refractivity (Wildman–Crippen MR) is 70.4 cm³/mol. The smallest absolute Gasteiger partial charge is 0.107 e. The van der Waals surface area contributed by atoms with E-state index in [1.807, 2.05) is 13.8 Å². The van der Waals surface area contributed by atoms with Gasteiger partial charge in [-0.3, -0.25) is 0 Å². The van der Waals surface area contributed by atoms with Crippen molar-refractivity contribution in [2.75, 3.05) is 39.6 Å². The zero-order chi connectivity index (χ0) is 13.5. The van der Waals surface area contributed by atoms with Gasteiger partial charge >= 0.3 is 0 Å². The standard InChI is InChI=1S/C14H26O5/c1-3-15-7-5-11(13-9-17-13)19-12(14-10-18-14)6-8-16-4-2/h11-14H,3-10H2,1-2H3. The van der Waals surface area contributed by atoms with Crippen molar-refractivity contribution in [1.29, 1.82) is 0 Å². The zero-order valence-corrected chi connectivity index (χ0v) is 12.0. The molecule has 0 N–H and O–H groups in total. The van der Waals surface area contributed by atoms with E-state index < -0.39 is 0 Å². The molecule has 0 spiro atoms. The first kappa shape index (κ1) is 15.2. The lowest BCUT2D eigenvalue weighted by atomic mass is 10.1. The van der Waals surface area contributed by atoms with Crippen LogP contribution in [-0.2, 0) is 23.7 Å². The van der Waals surface area contributed by atoms with E-state index in [2.05, 4.69) is 0 Å². The van der Waals surface area contributed by atoms with Crippen molar-refractivity contribution >= 4 is 0 Å². The molecular weight excluding hydrogens is 248 g/mol. The van der Waals surface area contributed by atoms with Crippen LogP contribution in [-0.4, -0.2) is 64.1 Å². The Balaban J connectivity index is 1.72. The molecule has 0 bridgehead atoms. The fourth-order valence-electron chi connectivity index (χ4n) is 2.14. The van der Waals surface area contributed by atoms with Crippen LogP contribution in [0.2, 0.25) is 0 Å². The van der Waals surface area contributed by atoms with E-state index in [4.69, 9.17) is 23.7 Å². The monoisotopic (exact) mass is 274 g/mol. The van der Waals surface area contributed by atoms with Gasteiger partial charge < -0.3 is 23.7 Å². The van der Waals surface area contributed by atoms with Gasteiger partial charge in [0.05, 0.1) is 25.4 Å². The van der Waals surface area contributed by atoms with E-state index >= 15 is 0 Å². The Morgan fingerprint density at radius 2 is 1.32 bits per heavy atom. The summed E-state index contributed by atoms with van der Waals surface area (Å²) in [5.41, 5.74) is 0. The molecular formula is C14H26O5. The highest BCUT2D eigenvalue weighted by Crippen LogP contribution is 2.27. The highest BCUT2D eigenvalue weighted by molar-refractivity contribution is 4.86. The molecule has 2 aliphatic heterocycles. The molecule has 19 heavy (non-hydrogen) atoms. The van der Waals surface area contributed by atoms with E-state index in [0.29, 0.717) is 0 Å². The lowest BCUT2D eigenvalue weighted by Gasteiger charge is -2.23. The Morgan fingerprint density at radius 1 is 0.895 bits per heavy atom. The minimum absolute atomic E-state index is 0.127. The molecule has 0 aromatic carbocycles. The molecule has 4 atom stereocenters. The maximum atomic E-state index is 6.18. The summed E-state index contributed by atoms with van der Waals surface area (Å²) >= 11 is 0. The van der Waals surface area contributed by atoms with Gasteiger partial charge in [0, 0.05) is 26.4 Å². The topological polar surface area (TPSA) is 52.8 Å². The second-order valence-corrected chi connectivity index (χ2v) is 4.93. The van der Waals surface area contributed by atoms with Gasteiger partial charge in [0.2, 0.25) is 0 Å². The first-order valence-electron chi connectivity index (χ1n) is 7.39. The van der Waals surface area contributed by atoms with Crippen molar-refractivity contribution in [3.63, 3.8) is 0 Å². The van der Waals surface area contributed by atoms with Gasteiger partial charge in [0.1, 0.15) is 12.2 Å². The van der Waals surface area contributed by atoms with E-state index in [0.717, 1.165) is 52.5 Å². The minimum Gasteiger partial charge on any atom is -0.382 e. The van der Waals surface area contributed by atoms with E-state index in [-0.39, 0.29) is 24.4 Å². The number of ether oxygens (including phenoxy) is 5. The summed E-state index contributed by atoms with van der Waals surface area (Å²) in [5, 5.41) is 0. The van der Waals surface area contributed by atoms with E-state index in [1.165, 1.54) is 0 Å². The molecule has 0 amide bonds. The molecule has 2 rings (SSSR count). The van der Waals surface area contributed by atoms with Gasteiger partial charge in [-0.05, 0) is 26.7 Å². The Kier molecular flexibility index (Phi) is 6.53. The van der Waals surface area contributed by atoms with Crippen LogP contribution in [0.4, 0.5) is 0 Å². The second-order valence-electron chi connectivity index (χ2n) is 4.93. The lowest BCUT2D eigenvalue weighted by Crippen LogP contribution is -2.32. The Hall–Kier alpha value is -0.200. The van der Waals surface area contributed by atoms with Crippen molar-refractivity contribution in [3.05, 3.63) is 0 Å². The largest absolute Gasteiger partial charge is 0.382 e. The van der Waals surface area contributed by atoms with Crippen LogP contribution in [0.15, 0.2) is 0 Å². The molecule has 0 aromatic heterocycles. The van der Waals surface area contributed by atoms with Crippen LogP contribution in [0.5, 0.6) is 0 Å². The molecule has 0 aliphatic carbocycles. The fraction of sp³-hybridized carbons (Fsp3) is 1.00. The highest BCUT2D eigenvalue weighted by atomic mass is 16.6. The van der Waals surface area contributed by atoms with Gasteiger partial charge in [0.15, 0.2) is 0 Å². The SMILES string of the molecule is CCOCCC(OC(CCOCC)C1CO1)C1CO1. The van der Waals surface area contributed by atoms with Crippen LogP contribution in [0.25, 0.3) is 0 Å². The first-order chi connectivity index (χ1) is 9.35. The molecule has 5 heteroatoms. The predicted octanol–water partition coefficient (Wildman–Crippen LogP) is 1.39. The van der Waals surface area contributed by atoms with Gasteiger partial charge in [0.25, 0.3) is 0 Å². The molecule has 2 saturated heterocycles. The lowest BCUT2D eigenvalue weighted by molar-refractivity contribution is -0.0627. The molecule has 2 heterocycles. The quantitative estimate of drug-likeness (QED) is 0.397. The molecule has 0 aromatic rings. The van der Waals surface area contributed by atoms with Crippen molar-refractivity contribution in [3.8, 4) is 0 Å². The van der Waals surface area contributed by atoms with Crippen LogP contribution in [0, 0.1) is 0 Å².